The zero-order valence-electron chi connectivity index (χ0n) is 4.76. The Morgan fingerprint density at radius 2 is 2.62 bits per heavy atom. The third-order valence-electron chi connectivity index (χ3n) is 1.34. The first-order valence-electron chi connectivity index (χ1n) is 2.94. The van der Waals surface area contributed by atoms with Gasteiger partial charge < -0.3 is 10.1 Å². The monoisotopic (exact) mass is 112 g/mol. The molecule has 2 heteroatoms. The highest BCUT2D eigenvalue weighted by molar-refractivity contribution is 5.57. The molecule has 1 aliphatic rings. The van der Waals surface area contributed by atoms with E-state index >= 15 is 0 Å². The van der Waals surface area contributed by atoms with Crippen LogP contribution in [0.1, 0.15) is 12.8 Å². The summed E-state index contributed by atoms with van der Waals surface area (Å²) in [4.78, 5) is 10.1. The minimum Gasteiger partial charge on any atom is -0.308 e. The summed E-state index contributed by atoms with van der Waals surface area (Å²) in [5, 5.41) is 3.07. The summed E-state index contributed by atoms with van der Waals surface area (Å²) in [6.45, 7) is 0.962. The highest BCUT2D eigenvalue weighted by Gasteiger charge is 2.09. The molecule has 1 unspecified atom stereocenters. The first kappa shape index (κ1) is 5.76. The van der Waals surface area contributed by atoms with Crippen LogP contribution in [-0.2, 0) is 4.79 Å². The van der Waals surface area contributed by atoms with Crippen LogP contribution in [0.4, 0.5) is 0 Å². The van der Waals surface area contributed by atoms with Crippen molar-refractivity contribution in [2.45, 2.75) is 18.9 Å². The number of carbonyl (C=O) groups excluding carboxylic acids is 1. The number of nitrogens with one attached hydrogen (secondary N) is 1. The van der Waals surface area contributed by atoms with E-state index in [2.05, 4.69) is 11.7 Å². The van der Waals surface area contributed by atoms with E-state index in [1.165, 1.54) is 0 Å². The number of aldehydes is 1. The number of hydrogen-bond acceptors (Lipinski definition) is 2. The first-order chi connectivity index (χ1) is 3.93. The number of hydrogen-bond donors (Lipinski definition) is 1. The summed E-state index contributed by atoms with van der Waals surface area (Å²) in [6, 6.07) is 0.101. The van der Waals surface area contributed by atoms with Crippen molar-refractivity contribution < 1.29 is 4.79 Å². The van der Waals surface area contributed by atoms with Gasteiger partial charge in [0.25, 0.3) is 0 Å². The van der Waals surface area contributed by atoms with Gasteiger partial charge in [0, 0.05) is 0 Å². The van der Waals surface area contributed by atoms with E-state index < -0.39 is 0 Å². The summed E-state index contributed by atoms with van der Waals surface area (Å²) < 4.78 is 0. The summed E-state index contributed by atoms with van der Waals surface area (Å²) in [5.74, 6) is 0. The van der Waals surface area contributed by atoms with Crippen molar-refractivity contribution in [3.8, 4) is 0 Å². The van der Waals surface area contributed by atoms with Gasteiger partial charge in [0.2, 0.25) is 0 Å². The highest BCUT2D eigenvalue weighted by Crippen LogP contribution is 2.02. The van der Waals surface area contributed by atoms with Crippen LogP contribution in [0, 0.1) is 6.42 Å². The van der Waals surface area contributed by atoms with Gasteiger partial charge in [-0.1, -0.05) is 0 Å². The van der Waals surface area contributed by atoms with Crippen molar-refractivity contribution in [2.24, 2.45) is 0 Å². The molecule has 1 radical (unpaired) electrons. The molecule has 1 N–H and O–H groups in total. The fourth-order valence-corrected chi connectivity index (χ4v) is 0.855. The van der Waals surface area contributed by atoms with Crippen LogP contribution in [0.2, 0.25) is 0 Å². The molecule has 1 rings (SSSR count). The minimum absolute atomic E-state index is 0.101. The van der Waals surface area contributed by atoms with Gasteiger partial charge in [-0.3, -0.25) is 0 Å². The number of piperidine rings is 1. The zero-order chi connectivity index (χ0) is 5.82. The average Bonchev–Trinajstić information content (AvgIpc) is 1.90. The highest BCUT2D eigenvalue weighted by atomic mass is 16.1. The Hall–Kier alpha value is -0.370. The second-order valence-corrected chi connectivity index (χ2v) is 2.01. The van der Waals surface area contributed by atoms with E-state index in [1.807, 2.05) is 0 Å². The van der Waals surface area contributed by atoms with Crippen LogP contribution in [0.25, 0.3) is 0 Å². The Morgan fingerprint density at radius 1 is 1.75 bits per heavy atom. The molecule has 0 aromatic rings. The van der Waals surface area contributed by atoms with Gasteiger partial charge in [-0.25, -0.2) is 0 Å². The lowest BCUT2D eigenvalue weighted by Gasteiger charge is -2.16. The molecule has 0 saturated carbocycles. The Bertz CT molecular complexity index is 76.6. The first-order valence-corrected chi connectivity index (χ1v) is 2.94. The molecule has 1 heterocycles. The molecule has 2 nitrogen and oxygen atoms in total. The van der Waals surface area contributed by atoms with E-state index in [0.717, 1.165) is 25.7 Å². The van der Waals surface area contributed by atoms with Gasteiger partial charge in [0.1, 0.15) is 6.29 Å². The lowest BCUT2D eigenvalue weighted by molar-refractivity contribution is -0.109. The molecule has 0 amide bonds. The maximum absolute atomic E-state index is 10.1. The van der Waals surface area contributed by atoms with E-state index in [-0.39, 0.29) is 6.04 Å². The molecule has 0 aromatic carbocycles. The van der Waals surface area contributed by atoms with Crippen LogP contribution in [0.15, 0.2) is 0 Å². The molecule has 8 heavy (non-hydrogen) atoms. The number of rotatable bonds is 1. The minimum atomic E-state index is 0.101. The fraction of sp³-hybridized carbons (Fsp3) is 0.667. The standard InChI is InChI=1S/C6H10NO/c8-5-6-3-1-2-4-7-6/h1,5-7H,2-4H2. The predicted octanol–water partition coefficient (Wildman–Crippen LogP) is 0.142. The van der Waals surface area contributed by atoms with Crippen molar-refractivity contribution in [2.75, 3.05) is 6.54 Å². The smallest absolute Gasteiger partial charge is 0.136 e. The van der Waals surface area contributed by atoms with Crippen molar-refractivity contribution in [1.82, 2.24) is 5.32 Å². The Kier molecular flexibility index (Phi) is 2.03. The van der Waals surface area contributed by atoms with E-state index in [9.17, 15) is 4.79 Å². The lowest BCUT2D eigenvalue weighted by Crippen LogP contribution is -2.35. The third kappa shape index (κ3) is 1.30. The average molecular weight is 112 g/mol. The zero-order valence-corrected chi connectivity index (χ0v) is 4.76. The van der Waals surface area contributed by atoms with Gasteiger partial charge in [0.15, 0.2) is 0 Å². The molecular formula is C6H10NO. The Labute approximate surface area is 49.3 Å². The van der Waals surface area contributed by atoms with E-state index in [0.29, 0.717) is 0 Å². The van der Waals surface area contributed by atoms with Crippen LogP contribution in [0.3, 0.4) is 0 Å². The summed E-state index contributed by atoms with van der Waals surface area (Å²) >= 11 is 0. The predicted molar refractivity (Wildman–Crippen MR) is 31.4 cm³/mol. The largest absolute Gasteiger partial charge is 0.308 e. The number of carbonyl (C=O) groups is 1. The maximum Gasteiger partial charge on any atom is 0.136 e. The Morgan fingerprint density at radius 3 is 3.00 bits per heavy atom. The van der Waals surface area contributed by atoms with Crippen LogP contribution < -0.4 is 5.32 Å². The van der Waals surface area contributed by atoms with Gasteiger partial charge in [-0.15, -0.1) is 0 Å². The maximum atomic E-state index is 10.1. The van der Waals surface area contributed by atoms with Crippen LogP contribution >= 0.6 is 0 Å². The third-order valence-corrected chi connectivity index (χ3v) is 1.34. The van der Waals surface area contributed by atoms with E-state index in [4.69, 9.17) is 0 Å². The summed E-state index contributed by atoms with van der Waals surface area (Å²) in [6.07, 6.45) is 5.12. The van der Waals surface area contributed by atoms with E-state index in [1.54, 1.807) is 0 Å². The molecule has 0 aliphatic carbocycles. The molecular weight excluding hydrogens is 102 g/mol. The molecule has 1 fully saturated rings. The fourth-order valence-electron chi connectivity index (χ4n) is 0.855. The molecule has 1 saturated heterocycles. The molecule has 0 spiro atoms. The lowest BCUT2D eigenvalue weighted by atomic mass is 10.1. The van der Waals surface area contributed by atoms with Crippen LogP contribution in [-0.4, -0.2) is 18.9 Å². The van der Waals surface area contributed by atoms with Crippen molar-refractivity contribution in [3.05, 3.63) is 6.42 Å². The molecule has 1 aliphatic heterocycles. The normalized spacial score (nSPS) is 29.8. The molecule has 45 valence electrons. The van der Waals surface area contributed by atoms with Gasteiger partial charge >= 0.3 is 0 Å². The van der Waals surface area contributed by atoms with Crippen LogP contribution in [0.5, 0.6) is 0 Å². The summed E-state index contributed by atoms with van der Waals surface area (Å²) in [5.41, 5.74) is 0. The SMILES string of the molecule is O=CC1C[CH]CCN1. The second kappa shape index (κ2) is 2.82. The molecule has 0 bridgehead atoms. The van der Waals surface area contributed by atoms with Gasteiger partial charge in [-0.05, 0) is 25.8 Å². The van der Waals surface area contributed by atoms with Crippen molar-refractivity contribution in [1.29, 1.82) is 0 Å². The summed E-state index contributed by atoms with van der Waals surface area (Å²) in [7, 11) is 0. The quantitative estimate of drug-likeness (QED) is 0.489. The van der Waals surface area contributed by atoms with Gasteiger partial charge in [-0.2, -0.15) is 0 Å². The van der Waals surface area contributed by atoms with Crippen molar-refractivity contribution in [3.63, 3.8) is 0 Å². The Balaban J connectivity index is 2.22. The molecule has 1 atom stereocenters. The van der Waals surface area contributed by atoms with Gasteiger partial charge in [0.05, 0.1) is 6.04 Å². The van der Waals surface area contributed by atoms with Crippen molar-refractivity contribution >= 4 is 6.29 Å². The second-order valence-electron chi connectivity index (χ2n) is 2.01. The topological polar surface area (TPSA) is 29.1 Å². The molecule has 0 aromatic heterocycles.